The zero-order valence-corrected chi connectivity index (χ0v) is 14.5. The third-order valence-electron chi connectivity index (χ3n) is 3.67. The van der Waals surface area contributed by atoms with Crippen molar-refractivity contribution in [2.24, 2.45) is 0 Å². The summed E-state index contributed by atoms with van der Waals surface area (Å²) in [7, 11) is 0. The number of furan rings is 1. The zero-order valence-electron chi connectivity index (χ0n) is 14.5. The molecule has 3 aromatic rings. The number of H-pyrrole nitrogens is 1. The maximum Gasteiger partial charge on any atom is 0.432 e. The lowest BCUT2D eigenvalue weighted by Crippen LogP contribution is -2.25. The molecule has 0 spiro atoms. The van der Waals surface area contributed by atoms with Crippen LogP contribution in [-0.4, -0.2) is 31.8 Å². The van der Waals surface area contributed by atoms with Gasteiger partial charge < -0.3 is 15.1 Å². The second-order valence-electron chi connectivity index (χ2n) is 5.63. The minimum absolute atomic E-state index is 0.0420. The maximum absolute atomic E-state index is 12.6. The number of hydrogen-bond acceptors (Lipinski definition) is 5. The molecule has 0 fully saturated rings. The Morgan fingerprint density at radius 2 is 2.11 bits per heavy atom. The Morgan fingerprint density at radius 3 is 2.71 bits per heavy atom. The Labute approximate surface area is 155 Å². The summed E-state index contributed by atoms with van der Waals surface area (Å²) in [5.41, 5.74) is -1.68. The molecule has 0 bridgehead atoms. The fourth-order valence-corrected chi connectivity index (χ4v) is 2.28. The van der Waals surface area contributed by atoms with Crippen LogP contribution < -0.4 is 10.6 Å². The summed E-state index contributed by atoms with van der Waals surface area (Å²) in [5.74, 6) is -0.982. The summed E-state index contributed by atoms with van der Waals surface area (Å²) >= 11 is 0. The Morgan fingerprint density at radius 1 is 1.32 bits per heavy atom. The standard InChI is InChI=1S/C16H15F3N6O3/c1-2-25-8-11(13(24-25)15(27)20-7-9-4-3-5-28-9)21-14(26)10-6-12(23-22-10)16(17,18)19/h3-6,8H,2,7H2,1H3,(H,20,27)(H,21,26)(H,22,23). The van der Waals surface area contributed by atoms with Crippen molar-refractivity contribution >= 4 is 17.5 Å². The number of alkyl halides is 3. The van der Waals surface area contributed by atoms with Crippen LogP contribution in [-0.2, 0) is 19.3 Å². The van der Waals surface area contributed by atoms with Crippen molar-refractivity contribution in [3.8, 4) is 0 Å². The molecule has 0 saturated carbocycles. The van der Waals surface area contributed by atoms with Gasteiger partial charge in [-0.05, 0) is 19.1 Å². The SMILES string of the molecule is CCn1cc(NC(=O)c2cc(C(F)(F)F)[nH]n2)c(C(=O)NCc2ccco2)n1. The summed E-state index contributed by atoms with van der Waals surface area (Å²) in [6.07, 6.45) is -1.80. The fraction of sp³-hybridized carbons (Fsp3) is 0.250. The van der Waals surface area contributed by atoms with Crippen LogP contribution in [0.3, 0.4) is 0 Å². The molecule has 28 heavy (non-hydrogen) atoms. The van der Waals surface area contributed by atoms with E-state index in [4.69, 9.17) is 4.42 Å². The Kier molecular flexibility index (Phi) is 5.20. The van der Waals surface area contributed by atoms with Crippen LogP contribution in [0, 0.1) is 0 Å². The second kappa shape index (κ2) is 7.58. The van der Waals surface area contributed by atoms with Gasteiger partial charge in [-0.2, -0.15) is 23.4 Å². The number of aromatic nitrogens is 4. The van der Waals surface area contributed by atoms with Crippen molar-refractivity contribution in [1.29, 1.82) is 0 Å². The average molecular weight is 396 g/mol. The third-order valence-corrected chi connectivity index (χ3v) is 3.67. The molecule has 0 unspecified atom stereocenters. The highest BCUT2D eigenvalue weighted by molar-refractivity contribution is 6.07. The highest BCUT2D eigenvalue weighted by Crippen LogP contribution is 2.28. The van der Waals surface area contributed by atoms with Crippen LogP contribution in [0.5, 0.6) is 0 Å². The molecule has 0 aliphatic carbocycles. The van der Waals surface area contributed by atoms with Crippen molar-refractivity contribution in [3.63, 3.8) is 0 Å². The van der Waals surface area contributed by atoms with Crippen LogP contribution in [0.25, 0.3) is 0 Å². The lowest BCUT2D eigenvalue weighted by molar-refractivity contribution is -0.141. The van der Waals surface area contributed by atoms with Gasteiger partial charge in [-0.3, -0.25) is 19.4 Å². The molecule has 3 aromatic heterocycles. The fourth-order valence-electron chi connectivity index (χ4n) is 2.28. The number of hydrogen-bond donors (Lipinski definition) is 3. The van der Waals surface area contributed by atoms with Gasteiger partial charge in [0.15, 0.2) is 11.4 Å². The Bertz CT molecular complexity index is 974. The maximum atomic E-state index is 12.6. The number of aryl methyl sites for hydroxylation is 1. The highest BCUT2D eigenvalue weighted by atomic mass is 19.4. The number of aromatic amines is 1. The van der Waals surface area contributed by atoms with Gasteiger partial charge in [0.05, 0.1) is 18.5 Å². The van der Waals surface area contributed by atoms with Crippen LogP contribution >= 0.6 is 0 Å². The average Bonchev–Trinajstić information content (AvgIpc) is 3.38. The molecule has 3 N–H and O–H groups in total. The number of nitrogens with one attached hydrogen (secondary N) is 3. The van der Waals surface area contributed by atoms with E-state index in [-0.39, 0.29) is 17.9 Å². The van der Waals surface area contributed by atoms with E-state index in [9.17, 15) is 22.8 Å². The second-order valence-corrected chi connectivity index (χ2v) is 5.63. The van der Waals surface area contributed by atoms with Gasteiger partial charge in [0.25, 0.3) is 11.8 Å². The lowest BCUT2D eigenvalue weighted by Gasteiger charge is -2.04. The first-order chi connectivity index (χ1) is 13.3. The van der Waals surface area contributed by atoms with Crippen molar-refractivity contribution in [2.45, 2.75) is 26.2 Å². The largest absolute Gasteiger partial charge is 0.467 e. The molecule has 0 radical (unpaired) electrons. The summed E-state index contributed by atoms with van der Waals surface area (Å²) in [6.45, 7) is 2.29. The van der Waals surface area contributed by atoms with E-state index in [0.29, 0.717) is 18.4 Å². The molecule has 0 aliphatic heterocycles. The van der Waals surface area contributed by atoms with Crippen molar-refractivity contribution < 1.29 is 27.2 Å². The van der Waals surface area contributed by atoms with E-state index >= 15 is 0 Å². The molecule has 0 aliphatic rings. The first-order valence-corrected chi connectivity index (χ1v) is 8.10. The summed E-state index contributed by atoms with van der Waals surface area (Å²) < 4.78 is 44.4. The number of rotatable bonds is 6. The predicted molar refractivity (Wildman–Crippen MR) is 89.3 cm³/mol. The van der Waals surface area contributed by atoms with E-state index in [2.05, 4.69) is 20.8 Å². The van der Waals surface area contributed by atoms with Gasteiger partial charge in [0, 0.05) is 18.8 Å². The topological polar surface area (TPSA) is 118 Å². The summed E-state index contributed by atoms with van der Waals surface area (Å²) in [5, 5.41) is 14.1. The van der Waals surface area contributed by atoms with Gasteiger partial charge in [-0.25, -0.2) is 0 Å². The highest BCUT2D eigenvalue weighted by Gasteiger charge is 2.34. The van der Waals surface area contributed by atoms with Crippen molar-refractivity contribution in [1.82, 2.24) is 25.3 Å². The molecule has 148 valence electrons. The van der Waals surface area contributed by atoms with E-state index in [0.717, 1.165) is 0 Å². The quantitative estimate of drug-likeness (QED) is 0.591. The van der Waals surface area contributed by atoms with Gasteiger partial charge >= 0.3 is 6.18 Å². The monoisotopic (exact) mass is 396 g/mol. The van der Waals surface area contributed by atoms with Crippen LogP contribution in [0.1, 0.15) is 39.4 Å². The van der Waals surface area contributed by atoms with Gasteiger partial charge in [0.1, 0.15) is 11.5 Å². The van der Waals surface area contributed by atoms with Crippen molar-refractivity contribution in [2.75, 3.05) is 5.32 Å². The molecule has 0 atom stereocenters. The normalized spacial score (nSPS) is 11.4. The lowest BCUT2D eigenvalue weighted by atomic mass is 10.3. The molecule has 0 saturated heterocycles. The van der Waals surface area contributed by atoms with Crippen LogP contribution in [0.2, 0.25) is 0 Å². The zero-order chi connectivity index (χ0) is 20.3. The third kappa shape index (κ3) is 4.22. The van der Waals surface area contributed by atoms with E-state index in [1.54, 1.807) is 24.2 Å². The minimum Gasteiger partial charge on any atom is -0.467 e. The van der Waals surface area contributed by atoms with Crippen LogP contribution in [0.15, 0.2) is 35.1 Å². The van der Waals surface area contributed by atoms with E-state index < -0.39 is 29.4 Å². The summed E-state index contributed by atoms with van der Waals surface area (Å²) in [4.78, 5) is 24.6. The number of carbonyl (C=O) groups excluding carboxylic acids is 2. The molecule has 12 heteroatoms. The molecule has 9 nitrogen and oxygen atoms in total. The first kappa shape index (κ1) is 19.2. The number of nitrogens with zero attached hydrogens (tertiary/aromatic N) is 3. The number of anilines is 1. The Hall–Kier alpha value is -3.57. The first-order valence-electron chi connectivity index (χ1n) is 8.10. The van der Waals surface area contributed by atoms with Gasteiger partial charge in [-0.15, -0.1) is 0 Å². The van der Waals surface area contributed by atoms with Crippen molar-refractivity contribution in [3.05, 3.63) is 53.5 Å². The molecule has 3 rings (SSSR count). The minimum atomic E-state index is -4.66. The molecular weight excluding hydrogens is 381 g/mol. The summed E-state index contributed by atoms with van der Waals surface area (Å²) in [6, 6.07) is 3.91. The number of amides is 2. The molecule has 2 amide bonds. The smallest absolute Gasteiger partial charge is 0.432 e. The Balaban J connectivity index is 1.75. The van der Waals surface area contributed by atoms with E-state index in [1.807, 2.05) is 0 Å². The van der Waals surface area contributed by atoms with Gasteiger partial charge in [-0.1, -0.05) is 0 Å². The van der Waals surface area contributed by atoms with Crippen LogP contribution in [0.4, 0.5) is 18.9 Å². The van der Waals surface area contributed by atoms with Gasteiger partial charge in [0.2, 0.25) is 0 Å². The number of carbonyl (C=O) groups is 2. The predicted octanol–water partition coefficient (Wildman–Crippen LogP) is 2.42. The molecule has 0 aromatic carbocycles. The molecule has 3 heterocycles. The number of halogens is 3. The van der Waals surface area contributed by atoms with E-state index in [1.165, 1.54) is 17.1 Å². The molecular formula is C16H15F3N6O3.